The van der Waals surface area contributed by atoms with Crippen molar-refractivity contribution in [3.63, 3.8) is 0 Å². The SMILES string of the molecule is CCOC(=O)c1ccccc1N1C(=O)C2C(C1=O)C1(C)C=CC2(C)O1. The first-order valence-corrected chi connectivity index (χ1v) is 8.37. The molecule has 3 aliphatic heterocycles. The first-order chi connectivity index (χ1) is 11.8. The molecule has 2 amide bonds. The van der Waals surface area contributed by atoms with Crippen LogP contribution in [0.3, 0.4) is 0 Å². The van der Waals surface area contributed by atoms with E-state index in [4.69, 9.17) is 9.47 Å². The number of benzene rings is 1. The molecule has 2 bridgehead atoms. The van der Waals surface area contributed by atoms with Crippen LogP contribution in [-0.4, -0.2) is 35.6 Å². The van der Waals surface area contributed by atoms with Gasteiger partial charge < -0.3 is 9.47 Å². The largest absolute Gasteiger partial charge is 0.462 e. The second-order valence-corrected chi connectivity index (χ2v) is 7.01. The molecular weight excluding hydrogens is 322 g/mol. The Morgan fingerprint density at radius 2 is 1.68 bits per heavy atom. The molecule has 130 valence electrons. The molecule has 25 heavy (non-hydrogen) atoms. The maximum absolute atomic E-state index is 13.1. The number of esters is 1. The summed E-state index contributed by atoms with van der Waals surface area (Å²) in [4.78, 5) is 39.6. The van der Waals surface area contributed by atoms with Crippen molar-refractivity contribution in [1.29, 1.82) is 0 Å². The van der Waals surface area contributed by atoms with Gasteiger partial charge in [-0.15, -0.1) is 0 Å². The molecule has 0 aliphatic carbocycles. The molecule has 4 atom stereocenters. The van der Waals surface area contributed by atoms with Crippen LogP contribution in [0.1, 0.15) is 31.1 Å². The minimum absolute atomic E-state index is 0.211. The number of ether oxygens (including phenoxy) is 2. The van der Waals surface area contributed by atoms with Gasteiger partial charge in [-0.05, 0) is 32.9 Å². The van der Waals surface area contributed by atoms with Gasteiger partial charge in [-0.25, -0.2) is 9.69 Å². The number of anilines is 1. The van der Waals surface area contributed by atoms with Gasteiger partial charge in [0, 0.05) is 0 Å². The molecule has 3 heterocycles. The third-order valence-corrected chi connectivity index (χ3v) is 5.37. The number of fused-ring (bicyclic) bond motifs is 5. The summed E-state index contributed by atoms with van der Waals surface area (Å²) in [7, 11) is 0. The number of hydrogen-bond donors (Lipinski definition) is 0. The summed E-state index contributed by atoms with van der Waals surface area (Å²) in [6.45, 7) is 5.57. The van der Waals surface area contributed by atoms with Crippen LogP contribution in [-0.2, 0) is 19.1 Å². The highest BCUT2D eigenvalue weighted by Gasteiger charge is 2.70. The smallest absolute Gasteiger partial charge is 0.340 e. The fourth-order valence-electron chi connectivity index (χ4n) is 4.32. The molecule has 6 heteroatoms. The van der Waals surface area contributed by atoms with E-state index < -0.39 is 29.0 Å². The van der Waals surface area contributed by atoms with Gasteiger partial charge >= 0.3 is 5.97 Å². The molecule has 0 radical (unpaired) electrons. The Labute approximate surface area is 145 Å². The standard InChI is InChI=1S/C19H19NO5/c1-4-24-17(23)11-7-5-6-8-12(11)20-15(21)13-14(16(20)22)19(3)10-9-18(13,2)25-19/h5-10,13-14H,4H2,1-3H3. The van der Waals surface area contributed by atoms with Crippen LogP contribution in [0, 0.1) is 11.8 Å². The van der Waals surface area contributed by atoms with E-state index in [9.17, 15) is 14.4 Å². The Morgan fingerprint density at radius 3 is 2.24 bits per heavy atom. The lowest BCUT2D eigenvalue weighted by atomic mass is 9.73. The zero-order valence-electron chi connectivity index (χ0n) is 14.3. The zero-order valence-corrected chi connectivity index (χ0v) is 14.3. The van der Waals surface area contributed by atoms with Crippen LogP contribution >= 0.6 is 0 Å². The Morgan fingerprint density at radius 1 is 1.12 bits per heavy atom. The van der Waals surface area contributed by atoms with E-state index in [1.165, 1.54) is 0 Å². The number of para-hydroxylation sites is 1. The Bertz CT molecular complexity index is 795. The molecule has 3 aliphatic rings. The van der Waals surface area contributed by atoms with Crippen molar-refractivity contribution in [2.24, 2.45) is 11.8 Å². The first kappa shape index (κ1) is 16.0. The molecule has 0 aromatic heterocycles. The molecule has 0 spiro atoms. The predicted octanol–water partition coefficient (Wildman–Crippen LogP) is 2.09. The molecule has 4 rings (SSSR count). The number of rotatable bonds is 3. The van der Waals surface area contributed by atoms with Crippen LogP contribution in [0.5, 0.6) is 0 Å². The highest BCUT2D eigenvalue weighted by atomic mass is 16.5. The zero-order chi connectivity index (χ0) is 18.0. The second-order valence-electron chi connectivity index (χ2n) is 7.01. The molecule has 1 aromatic rings. The summed E-state index contributed by atoms with van der Waals surface area (Å²) in [5.41, 5.74) is -1.10. The van der Waals surface area contributed by atoms with Gasteiger partial charge in [0.15, 0.2) is 0 Å². The van der Waals surface area contributed by atoms with E-state index in [1.807, 2.05) is 26.0 Å². The quantitative estimate of drug-likeness (QED) is 0.478. The third-order valence-electron chi connectivity index (χ3n) is 5.37. The average Bonchev–Trinajstić information content (AvgIpc) is 3.12. The van der Waals surface area contributed by atoms with Crippen molar-refractivity contribution >= 4 is 23.5 Å². The summed E-state index contributed by atoms with van der Waals surface area (Å²) in [6.07, 6.45) is 3.72. The van der Waals surface area contributed by atoms with Crippen LogP contribution in [0.2, 0.25) is 0 Å². The molecular formula is C19H19NO5. The van der Waals surface area contributed by atoms with E-state index >= 15 is 0 Å². The number of imide groups is 1. The molecule has 4 unspecified atom stereocenters. The summed E-state index contributed by atoms with van der Waals surface area (Å²) in [6, 6.07) is 6.54. The van der Waals surface area contributed by atoms with E-state index in [1.54, 1.807) is 31.2 Å². The lowest BCUT2D eigenvalue weighted by Crippen LogP contribution is -2.40. The molecule has 2 saturated heterocycles. The van der Waals surface area contributed by atoms with Crippen molar-refractivity contribution < 1.29 is 23.9 Å². The summed E-state index contributed by atoms with van der Waals surface area (Å²) in [5, 5.41) is 0. The minimum atomic E-state index is -0.792. The molecule has 2 fully saturated rings. The van der Waals surface area contributed by atoms with Crippen molar-refractivity contribution in [1.82, 2.24) is 0 Å². The van der Waals surface area contributed by atoms with Gasteiger partial charge in [-0.1, -0.05) is 24.3 Å². The maximum Gasteiger partial charge on any atom is 0.340 e. The first-order valence-electron chi connectivity index (χ1n) is 8.37. The van der Waals surface area contributed by atoms with Crippen molar-refractivity contribution in [2.75, 3.05) is 11.5 Å². The maximum atomic E-state index is 13.1. The Balaban J connectivity index is 1.79. The van der Waals surface area contributed by atoms with Crippen molar-refractivity contribution in [3.05, 3.63) is 42.0 Å². The van der Waals surface area contributed by atoms with E-state index in [2.05, 4.69) is 0 Å². The van der Waals surface area contributed by atoms with E-state index in [-0.39, 0.29) is 29.7 Å². The van der Waals surface area contributed by atoms with Crippen LogP contribution < -0.4 is 4.90 Å². The average molecular weight is 341 g/mol. The van der Waals surface area contributed by atoms with Crippen LogP contribution in [0.15, 0.2) is 36.4 Å². The van der Waals surface area contributed by atoms with Crippen LogP contribution in [0.25, 0.3) is 0 Å². The number of nitrogens with zero attached hydrogens (tertiary/aromatic N) is 1. The number of hydrogen-bond acceptors (Lipinski definition) is 5. The summed E-state index contributed by atoms with van der Waals surface area (Å²) < 4.78 is 11.0. The van der Waals surface area contributed by atoms with E-state index in [0.29, 0.717) is 0 Å². The van der Waals surface area contributed by atoms with Gasteiger partial charge in [0.25, 0.3) is 0 Å². The van der Waals surface area contributed by atoms with E-state index in [0.717, 1.165) is 4.90 Å². The number of amides is 2. The van der Waals surface area contributed by atoms with Gasteiger partial charge in [-0.3, -0.25) is 9.59 Å². The van der Waals surface area contributed by atoms with Gasteiger partial charge in [0.1, 0.15) is 0 Å². The Kier molecular flexibility index (Phi) is 3.22. The fourth-order valence-corrected chi connectivity index (χ4v) is 4.32. The van der Waals surface area contributed by atoms with Crippen LogP contribution in [0.4, 0.5) is 5.69 Å². The lowest BCUT2D eigenvalue weighted by Gasteiger charge is -2.26. The van der Waals surface area contributed by atoms with Crippen molar-refractivity contribution in [3.8, 4) is 0 Å². The summed E-state index contributed by atoms with van der Waals surface area (Å²) in [5.74, 6) is -2.37. The molecule has 1 aromatic carbocycles. The molecule has 0 saturated carbocycles. The predicted molar refractivity (Wildman–Crippen MR) is 88.9 cm³/mol. The molecule has 6 nitrogen and oxygen atoms in total. The minimum Gasteiger partial charge on any atom is -0.462 e. The van der Waals surface area contributed by atoms with Gasteiger partial charge in [0.2, 0.25) is 11.8 Å². The Hall–Kier alpha value is -2.47. The lowest BCUT2D eigenvalue weighted by molar-refractivity contribution is -0.128. The topological polar surface area (TPSA) is 72.9 Å². The fraction of sp³-hybridized carbons (Fsp3) is 0.421. The highest BCUT2D eigenvalue weighted by Crippen LogP contribution is 2.57. The monoisotopic (exact) mass is 341 g/mol. The second kappa shape index (κ2) is 5.02. The molecule has 0 N–H and O–H groups in total. The summed E-state index contributed by atoms with van der Waals surface area (Å²) >= 11 is 0. The number of carbonyl (C=O) groups is 3. The van der Waals surface area contributed by atoms with Crippen molar-refractivity contribution in [2.45, 2.75) is 32.0 Å². The normalized spacial score (nSPS) is 35.4. The third kappa shape index (κ3) is 1.97. The highest BCUT2D eigenvalue weighted by molar-refractivity contribution is 6.25. The number of carbonyl (C=O) groups excluding carboxylic acids is 3. The van der Waals surface area contributed by atoms with Gasteiger partial charge in [0.05, 0.1) is 40.9 Å². The van der Waals surface area contributed by atoms with Gasteiger partial charge in [-0.2, -0.15) is 0 Å².